The molecule has 7 heteroatoms. The van der Waals surface area contributed by atoms with Crippen LogP contribution in [0.15, 0.2) is 0 Å². The quantitative estimate of drug-likeness (QED) is 0.0980. The predicted molar refractivity (Wildman–Crippen MR) is 136 cm³/mol. The summed E-state index contributed by atoms with van der Waals surface area (Å²) in [5.74, 6) is -0.171. The first-order chi connectivity index (χ1) is 16.8. The molecule has 0 aromatic rings. The van der Waals surface area contributed by atoms with E-state index in [2.05, 4.69) is 6.92 Å². The van der Waals surface area contributed by atoms with Crippen molar-refractivity contribution in [3.05, 3.63) is 0 Å². The first kappa shape index (κ1) is 33.3. The minimum atomic E-state index is -0.171. The Balaban J connectivity index is 3.03. The number of carbonyl (C=O) groups excluding carboxylic acids is 1. The molecule has 34 heavy (non-hydrogen) atoms. The number of ether oxygens (including phenoxy) is 6. The predicted octanol–water partition coefficient (Wildman–Crippen LogP) is 5.72. The highest BCUT2D eigenvalue weighted by Gasteiger charge is 2.00. The molecule has 0 radical (unpaired) electrons. The molecule has 0 aliphatic heterocycles. The Labute approximate surface area is 209 Å². The number of hydrogen-bond acceptors (Lipinski definition) is 7. The first-order valence-electron chi connectivity index (χ1n) is 13.9. The number of carbonyl (C=O) groups is 1. The summed E-state index contributed by atoms with van der Waals surface area (Å²) in [6.07, 6.45) is 16.2. The standard InChI is InChI=1S/C27H54O7/c1-3-5-6-7-8-9-10-11-12-13-14-16-29-17-18-30-19-20-31-21-22-32-23-24-33-25-26-34-27(28)15-4-2/h3-26H2,1-2H3. The lowest BCUT2D eigenvalue weighted by Gasteiger charge is -2.08. The summed E-state index contributed by atoms with van der Waals surface area (Å²) < 4.78 is 32.3. The van der Waals surface area contributed by atoms with Gasteiger partial charge in [0.25, 0.3) is 0 Å². The molecule has 0 atom stereocenters. The molecule has 0 heterocycles. The average Bonchev–Trinajstić information content (AvgIpc) is 2.83. The van der Waals surface area contributed by atoms with Crippen LogP contribution in [-0.2, 0) is 33.2 Å². The third-order valence-corrected chi connectivity index (χ3v) is 5.33. The highest BCUT2D eigenvalue weighted by Crippen LogP contribution is 2.11. The lowest BCUT2D eigenvalue weighted by atomic mass is 10.1. The van der Waals surface area contributed by atoms with E-state index in [9.17, 15) is 4.79 Å². The Hall–Kier alpha value is -0.730. The Bertz CT molecular complexity index is 393. The van der Waals surface area contributed by atoms with Gasteiger partial charge in [0.2, 0.25) is 0 Å². The van der Waals surface area contributed by atoms with Gasteiger partial charge in [0, 0.05) is 13.0 Å². The van der Waals surface area contributed by atoms with Crippen molar-refractivity contribution >= 4 is 5.97 Å². The highest BCUT2D eigenvalue weighted by molar-refractivity contribution is 5.69. The van der Waals surface area contributed by atoms with Crippen molar-refractivity contribution in [2.45, 2.75) is 97.3 Å². The van der Waals surface area contributed by atoms with E-state index in [1.165, 1.54) is 64.2 Å². The summed E-state index contributed by atoms with van der Waals surface area (Å²) in [7, 11) is 0. The van der Waals surface area contributed by atoms with E-state index in [0.29, 0.717) is 72.5 Å². The van der Waals surface area contributed by atoms with Crippen LogP contribution in [0.2, 0.25) is 0 Å². The number of rotatable bonds is 29. The van der Waals surface area contributed by atoms with E-state index >= 15 is 0 Å². The second-order valence-corrected chi connectivity index (χ2v) is 8.57. The summed E-state index contributed by atoms with van der Waals surface area (Å²) in [5.41, 5.74) is 0. The maximum Gasteiger partial charge on any atom is 0.305 e. The lowest BCUT2D eigenvalue weighted by Crippen LogP contribution is -2.15. The summed E-state index contributed by atoms with van der Waals surface area (Å²) in [6, 6.07) is 0. The van der Waals surface area contributed by atoms with Crippen LogP contribution in [0.1, 0.15) is 97.3 Å². The van der Waals surface area contributed by atoms with Crippen molar-refractivity contribution < 1.29 is 33.2 Å². The highest BCUT2D eigenvalue weighted by atomic mass is 16.6. The van der Waals surface area contributed by atoms with Gasteiger partial charge in [0.15, 0.2) is 0 Å². The molecule has 0 amide bonds. The molecule has 204 valence electrons. The fraction of sp³-hybridized carbons (Fsp3) is 0.963. The van der Waals surface area contributed by atoms with Crippen molar-refractivity contribution in [3.8, 4) is 0 Å². The molecular formula is C27H54O7. The molecule has 0 unspecified atom stereocenters. The van der Waals surface area contributed by atoms with Gasteiger partial charge in [0.1, 0.15) is 6.61 Å². The minimum Gasteiger partial charge on any atom is -0.463 e. The van der Waals surface area contributed by atoms with Crippen LogP contribution in [0, 0.1) is 0 Å². The summed E-state index contributed by atoms with van der Waals surface area (Å²) in [5, 5.41) is 0. The van der Waals surface area contributed by atoms with E-state index in [1.807, 2.05) is 6.92 Å². The number of hydrogen-bond donors (Lipinski definition) is 0. The normalized spacial score (nSPS) is 11.2. The molecule has 7 nitrogen and oxygen atoms in total. The van der Waals surface area contributed by atoms with Gasteiger partial charge in [-0.3, -0.25) is 4.79 Å². The summed E-state index contributed by atoms with van der Waals surface area (Å²) >= 11 is 0. The molecule has 0 aliphatic rings. The molecular weight excluding hydrogens is 436 g/mol. The van der Waals surface area contributed by atoms with Crippen molar-refractivity contribution in [2.75, 3.05) is 72.7 Å². The van der Waals surface area contributed by atoms with E-state index < -0.39 is 0 Å². The van der Waals surface area contributed by atoms with Gasteiger partial charge in [-0.25, -0.2) is 0 Å². The largest absolute Gasteiger partial charge is 0.463 e. The van der Waals surface area contributed by atoms with Crippen LogP contribution in [0.5, 0.6) is 0 Å². The molecule has 0 bridgehead atoms. The average molecular weight is 491 g/mol. The van der Waals surface area contributed by atoms with Crippen LogP contribution in [0.25, 0.3) is 0 Å². The van der Waals surface area contributed by atoms with Crippen LogP contribution in [-0.4, -0.2) is 78.6 Å². The zero-order valence-electron chi connectivity index (χ0n) is 22.3. The number of unbranched alkanes of at least 4 members (excludes halogenated alkanes) is 10. The van der Waals surface area contributed by atoms with Crippen molar-refractivity contribution in [3.63, 3.8) is 0 Å². The van der Waals surface area contributed by atoms with Crippen LogP contribution < -0.4 is 0 Å². The zero-order chi connectivity index (χ0) is 24.8. The van der Waals surface area contributed by atoms with Crippen LogP contribution in [0.4, 0.5) is 0 Å². The van der Waals surface area contributed by atoms with Gasteiger partial charge < -0.3 is 28.4 Å². The Kier molecular flexibility index (Phi) is 29.7. The van der Waals surface area contributed by atoms with E-state index in [4.69, 9.17) is 28.4 Å². The van der Waals surface area contributed by atoms with E-state index in [-0.39, 0.29) is 5.97 Å². The number of esters is 1. The second kappa shape index (κ2) is 30.3. The Morgan fingerprint density at radius 3 is 1.18 bits per heavy atom. The van der Waals surface area contributed by atoms with Crippen LogP contribution >= 0.6 is 0 Å². The second-order valence-electron chi connectivity index (χ2n) is 8.57. The third-order valence-electron chi connectivity index (χ3n) is 5.33. The van der Waals surface area contributed by atoms with E-state index in [0.717, 1.165) is 19.4 Å². The van der Waals surface area contributed by atoms with Gasteiger partial charge in [-0.15, -0.1) is 0 Å². The van der Waals surface area contributed by atoms with Gasteiger partial charge in [-0.2, -0.15) is 0 Å². The molecule has 0 aromatic carbocycles. The molecule has 0 spiro atoms. The van der Waals surface area contributed by atoms with E-state index in [1.54, 1.807) is 0 Å². The molecule has 0 aliphatic carbocycles. The maximum absolute atomic E-state index is 11.2. The fourth-order valence-electron chi connectivity index (χ4n) is 3.34. The Morgan fingerprint density at radius 2 is 0.765 bits per heavy atom. The first-order valence-corrected chi connectivity index (χ1v) is 13.9. The molecule has 0 saturated carbocycles. The topological polar surface area (TPSA) is 72.5 Å². The monoisotopic (exact) mass is 490 g/mol. The smallest absolute Gasteiger partial charge is 0.305 e. The molecule has 0 N–H and O–H groups in total. The van der Waals surface area contributed by atoms with Crippen molar-refractivity contribution in [2.24, 2.45) is 0 Å². The molecule has 0 saturated heterocycles. The SMILES string of the molecule is CCCCCCCCCCCCCOCCOCCOCCOCCOCCOC(=O)CCC. The van der Waals surface area contributed by atoms with Crippen molar-refractivity contribution in [1.82, 2.24) is 0 Å². The minimum absolute atomic E-state index is 0.171. The Morgan fingerprint density at radius 1 is 0.412 bits per heavy atom. The molecule has 0 rings (SSSR count). The van der Waals surface area contributed by atoms with Gasteiger partial charge >= 0.3 is 5.97 Å². The maximum atomic E-state index is 11.2. The summed E-state index contributed by atoms with van der Waals surface area (Å²) in [6.45, 7) is 10.2. The third kappa shape index (κ3) is 29.3. The lowest BCUT2D eigenvalue weighted by molar-refractivity contribution is -0.145. The van der Waals surface area contributed by atoms with Gasteiger partial charge in [-0.1, -0.05) is 78.1 Å². The summed E-state index contributed by atoms with van der Waals surface area (Å²) in [4.78, 5) is 11.2. The zero-order valence-corrected chi connectivity index (χ0v) is 22.3. The van der Waals surface area contributed by atoms with Gasteiger partial charge in [0.05, 0.1) is 59.5 Å². The molecule has 0 fully saturated rings. The van der Waals surface area contributed by atoms with Gasteiger partial charge in [-0.05, 0) is 12.8 Å². The molecule has 0 aromatic heterocycles. The van der Waals surface area contributed by atoms with Crippen molar-refractivity contribution in [1.29, 1.82) is 0 Å². The van der Waals surface area contributed by atoms with Crippen LogP contribution in [0.3, 0.4) is 0 Å². The fourth-order valence-corrected chi connectivity index (χ4v) is 3.34.